The van der Waals surface area contributed by atoms with E-state index in [1.165, 1.54) is 11.3 Å². The highest BCUT2D eigenvalue weighted by molar-refractivity contribution is 9.10. The first-order chi connectivity index (χ1) is 6.15. The number of alkyl halides is 2. The van der Waals surface area contributed by atoms with Crippen LogP contribution < -0.4 is 11.3 Å². The van der Waals surface area contributed by atoms with Gasteiger partial charge in [-0.25, -0.2) is 8.78 Å². The first-order valence-electron chi connectivity index (χ1n) is 3.61. The van der Waals surface area contributed by atoms with Gasteiger partial charge in [0.15, 0.2) is 0 Å². The van der Waals surface area contributed by atoms with Gasteiger partial charge in [0.05, 0.1) is 6.04 Å². The first-order valence-corrected chi connectivity index (χ1v) is 5.28. The van der Waals surface area contributed by atoms with E-state index in [9.17, 15) is 8.78 Å². The molecular formula is C7H9BrF2N2S. The lowest BCUT2D eigenvalue weighted by atomic mass is 10.2. The molecule has 0 radical (unpaired) electrons. The standard InChI is InChI=1S/C7H9BrF2N2S/c8-4-1-2-13-6(4)3-5(12-11)7(9)10/h1-2,5,7,12H,3,11H2. The third-order valence-corrected chi connectivity index (χ3v) is 3.56. The van der Waals surface area contributed by atoms with Crippen LogP contribution in [0.5, 0.6) is 0 Å². The molecule has 0 saturated carbocycles. The smallest absolute Gasteiger partial charge is 0.255 e. The summed E-state index contributed by atoms with van der Waals surface area (Å²) in [5.74, 6) is 5.00. The quantitative estimate of drug-likeness (QED) is 0.650. The molecule has 0 saturated heterocycles. The Kier molecular flexibility index (Phi) is 4.24. The summed E-state index contributed by atoms with van der Waals surface area (Å²) in [6.07, 6.45) is -2.20. The minimum absolute atomic E-state index is 0.242. The zero-order chi connectivity index (χ0) is 9.84. The fourth-order valence-electron chi connectivity index (χ4n) is 0.891. The van der Waals surface area contributed by atoms with E-state index in [1.807, 2.05) is 11.4 Å². The summed E-state index contributed by atoms with van der Waals surface area (Å²) in [5.41, 5.74) is 2.10. The van der Waals surface area contributed by atoms with E-state index in [4.69, 9.17) is 5.84 Å². The second kappa shape index (κ2) is 4.99. The van der Waals surface area contributed by atoms with E-state index in [-0.39, 0.29) is 6.42 Å². The first kappa shape index (κ1) is 11.0. The summed E-state index contributed by atoms with van der Waals surface area (Å²) >= 11 is 4.70. The summed E-state index contributed by atoms with van der Waals surface area (Å²) in [6.45, 7) is 0. The Hall–Kier alpha value is -0.0400. The average molecular weight is 271 g/mol. The lowest BCUT2D eigenvalue weighted by molar-refractivity contribution is 0.0987. The predicted octanol–water partition coefficient (Wildman–Crippen LogP) is 2.15. The van der Waals surface area contributed by atoms with Gasteiger partial charge in [0.25, 0.3) is 6.43 Å². The van der Waals surface area contributed by atoms with Crippen LogP contribution >= 0.6 is 27.3 Å². The van der Waals surface area contributed by atoms with E-state index < -0.39 is 12.5 Å². The molecule has 1 unspecified atom stereocenters. The van der Waals surface area contributed by atoms with Crippen LogP contribution in [-0.4, -0.2) is 12.5 Å². The number of hydrazine groups is 1. The van der Waals surface area contributed by atoms with Gasteiger partial charge in [0.2, 0.25) is 0 Å². The Labute approximate surface area is 87.2 Å². The highest BCUT2D eigenvalue weighted by atomic mass is 79.9. The van der Waals surface area contributed by atoms with E-state index in [0.29, 0.717) is 0 Å². The van der Waals surface area contributed by atoms with Gasteiger partial charge in [-0.1, -0.05) is 0 Å². The zero-order valence-corrected chi connectivity index (χ0v) is 9.04. The highest BCUT2D eigenvalue weighted by Gasteiger charge is 2.20. The topological polar surface area (TPSA) is 38.0 Å². The van der Waals surface area contributed by atoms with E-state index >= 15 is 0 Å². The van der Waals surface area contributed by atoms with Crippen molar-refractivity contribution in [1.29, 1.82) is 0 Å². The van der Waals surface area contributed by atoms with Crippen molar-refractivity contribution in [2.75, 3.05) is 0 Å². The largest absolute Gasteiger partial charge is 0.271 e. The van der Waals surface area contributed by atoms with E-state index in [2.05, 4.69) is 21.4 Å². The second-order valence-corrected chi connectivity index (χ2v) is 4.36. The maximum atomic E-state index is 12.3. The van der Waals surface area contributed by atoms with Crippen LogP contribution in [-0.2, 0) is 6.42 Å². The molecule has 0 bridgehead atoms. The lowest BCUT2D eigenvalue weighted by Gasteiger charge is -2.13. The van der Waals surface area contributed by atoms with Crippen molar-refractivity contribution in [3.8, 4) is 0 Å². The third kappa shape index (κ3) is 2.98. The van der Waals surface area contributed by atoms with Gasteiger partial charge in [-0.3, -0.25) is 11.3 Å². The van der Waals surface area contributed by atoms with Crippen LogP contribution in [0.1, 0.15) is 4.88 Å². The predicted molar refractivity (Wildman–Crippen MR) is 52.8 cm³/mol. The average Bonchev–Trinajstić information content (AvgIpc) is 2.46. The SMILES string of the molecule is NNC(Cc1sccc1Br)C(F)F. The van der Waals surface area contributed by atoms with E-state index in [0.717, 1.165) is 9.35 Å². The van der Waals surface area contributed by atoms with Gasteiger partial charge in [-0.2, -0.15) is 0 Å². The molecule has 0 aromatic carbocycles. The molecule has 0 spiro atoms. The molecule has 1 rings (SSSR count). The molecule has 1 atom stereocenters. The van der Waals surface area contributed by atoms with Gasteiger partial charge in [-0.05, 0) is 27.4 Å². The highest BCUT2D eigenvalue weighted by Crippen LogP contribution is 2.24. The van der Waals surface area contributed by atoms with E-state index in [1.54, 1.807) is 0 Å². The minimum Gasteiger partial charge on any atom is -0.271 e. The third-order valence-electron chi connectivity index (χ3n) is 1.61. The van der Waals surface area contributed by atoms with Crippen LogP contribution in [0, 0.1) is 0 Å². The maximum Gasteiger partial charge on any atom is 0.255 e. The molecule has 2 nitrogen and oxygen atoms in total. The van der Waals surface area contributed by atoms with Gasteiger partial charge in [0.1, 0.15) is 0 Å². The summed E-state index contributed by atoms with van der Waals surface area (Å²) in [7, 11) is 0. The van der Waals surface area contributed by atoms with Gasteiger partial charge in [-0.15, -0.1) is 11.3 Å². The van der Waals surface area contributed by atoms with Gasteiger partial charge >= 0.3 is 0 Å². The van der Waals surface area contributed by atoms with Crippen molar-refractivity contribution in [2.24, 2.45) is 5.84 Å². The number of nitrogens with two attached hydrogens (primary N) is 1. The number of halogens is 3. The van der Waals surface area contributed by atoms with Crippen LogP contribution in [0.4, 0.5) is 8.78 Å². The normalized spacial score (nSPS) is 13.6. The molecule has 1 aromatic rings. The molecule has 13 heavy (non-hydrogen) atoms. The second-order valence-electron chi connectivity index (χ2n) is 2.50. The number of rotatable bonds is 4. The van der Waals surface area contributed by atoms with Crippen molar-refractivity contribution in [3.63, 3.8) is 0 Å². The maximum absolute atomic E-state index is 12.3. The molecule has 0 aliphatic carbocycles. The number of hydrogen-bond acceptors (Lipinski definition) is 3. The number of nitrogens with one attached hydrogen (secondary N) is 1. The minimum atomic E-state index is -2.45. The Bertz CT molecular complexity index is 267. The van der Waals surface area contributed by atoms with Crippen LogP contribution in [0.2, 0.25) is 0 Å². The monoisotopic (exact) mass is 270 g/mol. The van der Waals surface area contributed by atoms with Crippen molar-refractivity contribution in [2.45, 2.75) is 18.9 Å². The fourth-order valence-corrected chi connectivity index (χ4v) is 2.47. The van der Waals surface area contributed by atoms with Crippen molar-refractivity contribution in [3.05, 3.63) is 20.8 Å². The number of hydrogen-bond donors (Lipinski definition) is 2. The Morgan fingerprint density at radius 1 is 1.62 bits per heavy atom. The Morgan fingerprint density at radius 3 is 2.69 bits per heavy atom. The Balaban J connectivity index is 2.62. The Morgan fingerprint density at radius 2 is 2.31 bits per heavy atom. The van der Waals surface area contributed by atoms with Crippen molar-refractivity contribution >= 4 is 27.3 Å². The molecule has 6 heteroatoms. The van der Waals surface area contributed by atoms with Crippen molar-refractivity contribution < 1.29 is 8.78 Å². The molecule has 1 aromatic heterocycles. The molecule has 0 amide bonds. The zero-order valence-electron chi connectivity index (χ0n) is 6.64. The molecule has 74 valence electrons. The summed E-state index contributed by atoms with van der Waals surface area (Å²) in [6, 6.07) is 0.855. The van der Waals surface area contributed by atoms with Crippen LogP contribution in [0.25, 0.3) is 0 Å². The molecule has 0 aliphatic heterocycles. The van der Waals surface area contributed by atoms with Crippen molar-refractivity contribution in [1.82, 2.24) is 5.43 Å². The molecule has 0 fully saturated rings. The van der Waals surface area contributed by atoms with Gasteiger partial charge in [0, 0.05) is 15.8 Å². The lowest BCUT2D eigenvalue weighted by Crippen LogP contribution is -2.41. The summed E-state index contributed by atoms with van der Waals surface area (Å²) in [5, 5.41) is 1.85. The fraction of sp³-hybridized carbons (Fsp3) is 0.429. The molecular weight excluding hydrogens is 262 g/mol. The number of thiophene rings is 1. The van der Waals surface area contributed by atoms with Crippen LogP contribution in [0.3, 0.4) is 0 Å². The summed E-state index contributed by atoms with van der Waals surface area (Å²) < 4.78 is 25.4. The molecule has 1 heterocycles. The summed E-state index contributed by atoms with van der Waals surface area (Å²) in [4.78, 5) is 0.878. The van der Waals surface area contributed by atoms with Crippen LogP contribution in [0.15, 0.2) is 15.9 Å². The molecule has 3 N–H and O–H groups in total. The molecule has 0 aliphatic rings. The van der Waals surface area contributed by atoms with Gasteiger partial charge < -0.3 is 0 Å².